The van der Waals surface area contributed by atoms with E-state index < -0.39 is 0 Å². The van der Waals surface area contributed by atoms with Crippen LogP contribution in [-0.2, 0) is 6.54 Å². The number of hydrogen-bond donors (Lipinski definition) is 2. The zero-order chi connectivity index (χ0) is 10.8. The number of aromatic nitrogens is 1. The maximum atomic E-state index is 10.8. The molecular weight excluding hydrogens is 256 g/mol. The maximum Gasteiger partial charge on any atom is 0.287 e. The standard InChI is InChI=1S/C11H11BrN2O/c1-7-9(6-13-11(12)15)8-4-2-3-5-10(8)14-7/h2-5,14H,6H2,1H3,(H,13,15). The Labute approximate surface area is 96.0 Å². The first-order valence-corrected chi connectivity index (χ1v) is 5.47. The number of nitrogens with one attached hydrogen (secondary N) is 2. The van der Waals surface area contributed by atoms with E-state index in [9.17, 15) is 4.79 Å². The molecule has 15 heavy (non-hydrogen) atoms. The van der Waals surface area contributed by atoms with Gasteiger partial charge in [-0.05, 0) is 18.6 Å². The predicted octanol–water partition coefficient (Wildman–Crippen LogP) is 3.08. The number of halogens is 1. The number of aryl methyl sites for hydroxylation is 1. The quantitative estimate of drug-likeness (QED) is 0.637. The second kappa shape index (κ2) is 4.06. The van der Waals surface area contributed by atoms with Gasteiger partial charge in [0.25, 0.3) is 4.82 Å². The van der Waals surface area contributed by atoms with E-state index in [4.69, 9.17) is 0 Å². The van der Waals surface area contributed by atoms with Gasteiger partial charge in [-0.25, -0.2) is 0 Å². The third kappa shape index (κ3) is 2.04. The highest BCUT2D eigenvalue weighted by atomic mass is 79.9. The van der Waals surface area contributed by atoms with Gasteiger partial charge in [0.1, 0.15) is 0 Å². The number of rotatable bonds is 2. The molecule has 3 nitrogen and oxygen atoms in total. The molecule has 1 aromatic heterocycles. The average molecular weight is 267 g/mol. The van der Waals surface area contributed by atoms with Crippen molar-refractivity contribution in [3.63, 3.8) is 0 Å². The Hall–Kier alpha value is -1.29. The Morgan fingerprint density at radius 2 is 2.20 bits per heavy atom. The molecule has 2 aromatic rings. The molecule has 1 amide bonds. The minimum Gasteiger partial charge on any atom is -0.358 e. The molecule has 0 fully saturated rings. The minimum atomic E-state index is -0.188. The van der Waals surface area contributed by atoms with Crippen molar-refractivity contribution in [3.8, 4) is 0 Å². The molecule has 0 bridgehead atoms. The lowest BCUT2D eigenvalue weighted by atomic mass is 10.1. The van der Waals surface area contributed by atoms with Gasteiger partial charge in [0.15, 0.2) is 0 Å². The van der Waals surface area contributed by atoms with Crippen LogP contribution in [-0.4, -0.2) is 9.80 Å². The topological polar surface area (TPSA) is 44.9 Å². The third-order valence-electron chi connectivity index (χ3n) is 2.43. The van der Waals surface area contributed by atoms with E-state index in [1.54, 1.807) is 0 Å². The number of benzene rings is 1. The lowest BCUT2D eigenvalue weighted by Crippen LogP contribution is -2.15. The van der Waals surface area contributed by atoms with E-state index in [0.717, 1.165) is 22.2 Å². The first kappa shape index (κ1) is 10.2. The number of amides is 1. The first-order valence-electron chi connectivity index (χ1n) is 4.68. The number of H-pyrrole nitrogens is 1. The van der Waals surface area contributed by atoms with Crippen molar-refractivity contribution >= 4 is 31.6 Å². The van der Waals surface area contributed by atoms with Crippen molar-refractivity contribution in [2.45, 2.75) is 13.5 Å². The van der Waals surface area contributed by atoms with E-state index in [-0.39, 0.29) is 4.82 Å². The van der Waals surface area contributed by atoms with Crippen LogP contribution in [0.2, 0.25) is 0 Å². The van der Waals surface area contributed by atoms with Gasteiger partial charge in [0, 0.05) is 39.1 Å². The number of carbonyl (C=O) groups excluding carboxylic acids is 1. The van der Waals surface area contributed by atoms with Crippen molar-refractivity contribution in [3.05, 3.63) is 35.5 Å². The summed E-state index contributed by atoms with van der Waals surface area (Å²) in [4.78, 5) is 13.9. The summed E-state index contributed by atoms with van der Waals surface area (Å²) in [6.07, 6.45) is 0. The second-order valence-corrected chi connectivity index (χ2v) is 4.12. The zero-order valence-corrected chi connectivity index (χ0v) is 9.89. The monoisotopic (exact) mass is 266 g/mol. The predicted molar refractivity (Wildman–Crippen MR) is 64.2 cm³/mol. The summed E-state index contributed by atoms with van der Waals surface area (Å²) in [6.45, 7) is 2.55. The Balaban J connectivity index is 2.40. The SMILES string of the molecule is Cc1[nH]c2ccccc2c1CNC(=O)Br. The van der Waals surface area contributed by atoms with Crippen LogP contribution in [0.25, 0.3) is 10.9 Å². The van der Waals surface area contributed by atoms with Gasteiger partial charge in [-0.3, -0.25) is 4.79 Å². The molecule has 0 radical (unpaired) electrons. The smallest absolute Gasteiger partial charge is 0.287 e. The van der Waals surface area contributed by atoms with Gasteiger partial charge in [-0.15, -0.1) is 0 Å². The van der Waals surface area contributed by atoms with Gasteiger partial charge in [0.05, 0.1) is 0 Å². The molecule has 0 saturated carbocycles. The first-order chi connectivity index (χ1) is 7.18. The number of aromatic amines is 1. The van der Waals surface area contributed by atoms with Gasteiger partial charge in [-0.2, -0.15) is 0 Å². The van der Waals surface area contributed by atoms with Crippen LogP contribution in [0.4, 0.5) is 4.79 Å². The van der Waals surface area contributed by atoms with E-state index in [2.05, 4.69) is 32.3 Å². The minimum absolute atomic E-state index is 0.188. The number of carbonyl (C=O) groups is 1. The van der Waals surface area contributed by atoms with Crippen LogP contribution in [0.5, 0.6) is 0 Å². The number of hydrogen-bond acceptors (Lipinski definition) is 1. The van der Waals surface area contributed by atoms with Gasteiger partial charge >= 0.3 is 0 Å². The molecule has 0 aliphatic rings. The van der Waals surface area contributed by atoms with Gasteiger partial charge < -0.3 is 10.3 Å². The Morgan fingerprint density at radius 3 is 2.93 bits per heavy atom. The summed E-state index contributed by atoms with van der Waals surface area (Å²) >= 11 is 2.85. The van der Waals surface area contributed by atoms with Crippen LogP contribution < -0.4 is 5.32 Å². The summed E-state index contributed by atoms with van der Waals surface area (Å²) in [6, 6.07) is 8.07. The average Bonchev–Trinajstić information content (AvgIpc) is 2.50. The summed E-state index contributed by atoms with van der Waals surface area (Å²) in [7, 11) is 0. The third-order valence-corrected chi connectivity index (χ3v) is 2.71. The van der Waals surface area contributed by atoms with Crippen molar-refractivity contribution in [1.82, 2.24) is 10.3 Å². The normalized spacial score (nSPS) is 10.5. The Kier molecular flexibility index (Phi) is 2.77. The van der Waals surface area contributed by atoms with Crippen LogP contribution in [0, 0.1) is 6.92 Å². The highest BCUT2D eigenvalue weighted by Crippen LogP contribution is 2.21. The van der Waals surface area contributed by atoms with Crippen LogP contribution in [0.1, 0.15) is 11.3 Å². The molecule has 0 atom stereocenters. The molecule has 1 aromatic carbocycles. The van der Waals surface area contributed by atoms with Crippen LogP contribution in [0.3, 0.4) is 0 Å². The summed E-state index contributed by atoms with van der Waals surface area (Å²) in [5, 5.41) is 3.90. The summed E-state index contributed by atoms with van der Waals surface area (Å²) < 4.78 is 0. The summed E-state index contributed by atoms with van der Waals surface area (Å²) in [5.74, 6) is 0. The number of para-hydroxylation sites is 1. The highest BCUT2D eigenvalue weighted by molar-refractivity contribution is 9.18. The maximum absolute atomic E-state index is 10.8. The second-order valence-electron chi connectivity index (χ2n) is 3.40. The molecule has 0 aliphatic carbocycles. The van der Waals surface area contributed by atoms with E-state index in [1.165, 1.54) is 0 Å². The van der Waals surface area contributed by atoms with E-state index in [1.807, 2.05) is 25.1 Å². The Morgan fingerprint density at radius 1 is 1.47 bits per heavy atom. The van der Waals surface area contributed by atoms with Crippen molar-refractivity contribution in [2.75, 3.05) is 0 Å². The van der Waals surface area contributed by atoms with Crippen LogP contribution in [0.15, 0.2) is 24.3 Å². The molecule has 78 valence electrons. The highest BCUT2D eigenvalue weighted by Gasteiger charge is 2.07. The van der Waals surface area contributed by atoms with Gasteiger partial charge in [-0.1, -0.05) is 18.2 Å². The molecule has 4 heteroatoms. The fraction of sp³-hybridized carbons (Fsp3) is 0.182. The fourth-order valence-corrected chi connectivity index (χ4v) is 1.86. The molecule has 2 rings (SSSR count). The van der Waals surface area contributed by atoms with Crippen molar-refractivity contribution in [2.24, 2.45) is 0 Å². The number of fused-ring (bicyclic) bond motifs is 1. The largest absolute Gasteiger partial charge is 0.358 e. The molecular formula is C11H11BrN2O. The molecule has 1 heterocycles. The molecule has 2 N–H and O–H groups in total. The molecule has 0 saturated heterocycles. The molecule has 0 aliphatic heterocycles. The Bertz CT molecular complexity index is 504. The molecule has 0 spiro atoms. The molecule has 0 unspecified atom stereocenters. The van der Waals surface area contributed by atoms with E-state index in [0.29, 0.717) is 6.54 Å². The lowest BCUT2D eigenvalue weighted by molar-refractivity contribution is 0.261. The van der Waals surface area contributed by atoms with E-state index >= 15 is 0 Å². The fourth-order valence-electron chi connectivity index (χ4n) is 1.72. The van der Waals surface area contributed by atoms with Gasteiger partial charge in [0.2, 0.25) is 0 Å². The van der Waals surface area contributed by atoms with Crippen molar-refractivity contribution < 1.29 is 4.79 Å². The zero-order valence-electron chi connectivity index (χ0n) is 8.30. The summed E-state index contributed by atoms with van der Waals surface area (Å²) in [5.41, 5.74) is 3.34. The van der Waals surface area contributed by atoms with Crippen molar-refractivity contribution in [1.29, 1.82) is 0 Å². The lowest BCUT2D eigenvalue weighted by Gasteiger charge is -2.01. The van der Waals surface area contributed by atoms with Crippen LogP contribution >= 0.6 is 15.9 Å².